The third-order valence-corrected chi connectivity index (χ3v) is 9.57. The van der Waals surface area contributed by atoms with E-state index in [9.17, 15) is 0 Å². The molecule has 0 spiro atoms. The minimum atomic E-state index is 0.519. The fourth-order valence-corrected chi connectivity index (χ4v) is 7.01. The number of para-hydroxylation sites is 3. The number of nitrogens with zero attached hydrogens (tertiary/aromatic N) is 3. The molecule has 3 heterocycles. The van der Waals surface area contributed by atoms with E-state index in [0.717, 1.165) is 77.8 Å². The molecule has 0 N–H and O–H groups in total. The average Bonchev–Trinajstić information content (AvgIpc) is 3.84. The third-order valence-electron chi connectivity index (χ3n) is 9.57. The van der Waals surface area contributed by atoms with Crippen LogP contribution in [0, 0.1) is 0 Å². The van der Waals surface area contributed by atoms with Gasteiger partial charge in [-0.05, 0) is 58.7 Å². The van der Waals surface area contributed by atoms with Gasteiger partial charge in [0.05, 0.1) is 17.0 Å². The minimum absolute atomic E-state index is 0.519. The number of hydrogen-bond acceptors (Lipinski definition) is 5. The standard InChI is InChI=1S/C47H29N3O2/c1-3-12-30(13-4-1)32-24-26-33(27-25-32)40-29-41(35-17-9-16-34(28-35)31-14-5-2-6-15-31)49-46(48-40)37-19-11-23-43-44(37)36-18-10-20-38(45(36)51-43)47-50-39-21-7-8-22-42(39)52-47/h1-29H. The van der Waals surface area contributed by atoms with Crippen LogP contribution in [0.2, 0.25) is 0 Å². The van der Waals surface area contributed by atoms with Crippen LogP contribution in [0.5, 0.6) is 0 Å². The highest BCUT2D eigenvalue weighted by atomic mass is 16.4. The minimum Gasteiger partial charge on any atom is -0.455 e. The molecular weight excluding hydrogens is 639 g/mol. The Balaban J connectivity index is 1.16. The quantitative estimate of drug-likeness (QED) is 0.177. The molecule has 0 amide bonds. The highest BCUT2D eigenvalue weighted by Crippen LogP contribution is 2.41. The fraction of sp³-hybridized carbons (Fsp3) is 0. The Hall–Kier alpha value is -7.11. The zero-order chi connectivity index (χ0) is 34.4. The second-order valence-corrected chi connectivity index (χ2v) is 12.8. The summed E-state index contributed by atoms with van der Waals surface area (Å²) in [6, 6.07) is 60.0. The number of furan rings is 1. The first kappa shape index (κ1) is 29.8. The predicted molar refractivity (Wildman–Crippen MR) is 209 cm³/mol. The fourth-order valence-electron chi connectivity index (χ4n) is 7.01. The zero-order valence-corrected chi connectivity index (χ0v) is 27.9. The molecule has 10 rings (SSSR count). The monoisotopic (exact) mass is 667 g/mol. The number of oxazole rings is 1. The second kappa shape index (κ2) is 12.3. The summed E-state index contributed by atoms with van der Waals surface area (Å²) in [5.74, 6) is 1.13. The predicted octanol–water partition coefficient (Wildman–Crippen LogP) is 12.5. The molecule has 244 valence electrons. The topological polar surface area (TPSA) is 65.0 Å². The van der Waals surface area contributed by atoms with Crippen LogP contribution in [-0.4, -0.2) is 15.0 Å². The van der Waals surface area contributed by atoms with E-state index in [1.54, 1.807) is 0 Å². The van der Waals surface area contributed by atoms with Gasteiger partial charge >= 0.3 is 0 Å². The van der Waals surface area contributed by atoms with Gasteiger partial charge in [0.25, 0.3) is 0 Å². The summed E-state index contributed by atoms with van der Waals surface area (Å²) in [6.07, 6.45) is 0. The Morgan fingerprint density at radius 3 is 1.73 bits per heavy atom. The first-order chi connectivity index (χ1) is 25.7. The third kappa shape index (κ3) is 5.24. The van der Waals surface area contributed by atoms with Crippen LogP contribution in [0.25, 0.3) is 101 Å². The van der Waals surface area contributed by atoms with Gasteiger partial charge < -0.3 is 8.83 Å². The maximum atomic E-state index is 6.59. The Bertz CT molecular complexity index is 2860. The number of aromatic nitrogens is 3. The van der Waals surface area contributed by atoms with Gasteiger partial charge in [0, 0.05) is 27.5 Å². The lowest BCUT2D eigenvalue weighted by atomic mass is 9.99. The molecule has 0 fully saturated rings. The van der Waals surface area contributed by atoms with Crippen molar-refractivity contribution in [2.75, 3.05) is 0 Å². The highest BCUT2D eigenvalue weighted by molar-refractivity contribution is 6.14. The van der Waals surface area contributed by atoms with E-state index >= 15 is 0 Å². The molecule has 0 saturated heterocycles. The molecule has 7 aromatic carbocycles. The van der Waals surface area contributed by atoms with E-state index in [0.29, 0.717) is 17.3 Å². The maximum Gasteiger partial charge on any atom is 0.231 e. The van der Waals surface area contributed by atoms with Crippen molar-refractivity contribution in [1.29, 1.82) is 0 Å². The summed E-state index contributed by atoms with van der Waals surface area (Å²) >= 11 is 0. The van der Waals surface area contributed by atoms with Crippen molar-refractivity contribution in [1.82, 2.24) is 15.0 Å². The Kier molecular flexibility index (Phi) is 7.07. The summed E-state index contributed by atoms with van der Waals surface area (Å²) in [5.41, 5.74) is 13.0. The van der Waals surface area contributed by atoms with Gasteiger partial charge in [-0.3, -0.25) is 0 Å². The lowest BCUT2D eigenvalue weighted by Crippen LogP contribution is -1.96. The van der Waals surface area contributed by atoms with Crippen molar-refractivity contribution in [3.8, 4) is 67.6 Å². The van der Waals surface area contributed by atoms with E-state index < -0.39 is 0 Å². The molecule has 0 aliphatic carbocycles. The van der Waals surface area contributed by atoms with E-state index in [1.807, 2.05) is 60.7 Å². The molecule has 0 saturated carbocycles. The molecule has 0 unspecified atom stereocenters. The molecular formula is C47H29N3O2. The van der Waals surface area contributed by atoms with Crippen LogP contribution in [-0.2, 0) is 0 Å². The van der Waals surface area contributed by atoms with Gasteiger partial charge in [-0.25, -0.2) is 15.0 Å². The van der Waals surface area contributed by atoms with Gasteiger partial charge in [0.15, 0.2) is 11.4 Å². The van der Waals surface area contributed by atoms with Crippen LogP contribution in [0.4, 0.5) is 0 Å². The van der Waals surface area contributed by atoms with Gasteiger partial charge in [0.2, 0.25) is 5.89 Å². The van der Waals surface area contributed by atoms with E-state index in [1.165, 1.54) is 5.56 Å². The normalized spacial score (nSPS) is 11.5. The van der Waals surface area contributed by atoms with Crippen molar-refractivity contribution in [3.05, 3.63) is 176 Å². The molecule has 52 heavy (non-hydrogen) atoms. The second-order valence-electron chi connectivity index (χ2n) is 12.8. The van der Waals surface area contributed by atoms with Crippen LogP contribution in [0.1, 0.15) is 0 Å². The first-order valence-corrected chi connectivity index (χ1v) is 17.3. The molecule has 0 radical (unpaired) electrons. The van der Waals surface area contributed by atoms with Crippen LogP contribution in [0.3, 0.4) is 0 Å². The van der Waals surface area contributed by atoms with E-state index in [2.05, 4.69) is 115 Å². The van der Waals surface area contributed by atoms with Gasteiger partial charge in [0.1, 0.15) is 16.7 Å². The average molecular weight is 668 g/mol. The highest BCUT2D eigenvalue weighted by Gasteiger charge is 2.21. The summed E-state index contributed by atoms with van der Waals surface area (Å²) in [4.78, 5) is 15.3. The summed E-state index contributed by atoms with van der Waals surface area (Å²) in [5, 5.41) is 1.88. The van der Waals surface area contributed by atoms with Crippen molar-refractivity contribution in [3.63, 3.8) is 0 Å². The summed E-state index contributed by atoms with van der Waals surface area (Å²) in [7, 11) is 0. The molecule has 5 heteroatoms. The Morgan fingerprint density at radius 1 is 0.365 bits per heavy atom. The smallest absolute Gasteiger partial charge is 0.231 e. The lowest BCUT2D eigenvalue weighted by molar-refractivity contribution is 0.615. The molecule has 0 aliphatic heterocycles. The zero-order valence-electron chi connectivity index (χ0n) is 27.9. The van der Waals surface area contributed by atoms with Gasteiger partial charge in [-0.2, -0.15) is 0 Å². The Morgan fingerprint density at radius 2 is 0.942 bits per heavy atom. The molecule has 0 aliphatic rings. The number of hydrogen-bond donors (Lipinski definition) is 0. The molecule has 0 bridgehead atoms. The molecule has 3 aromatic heterocycles. The van der Waals surface area contributed by atoms with E-state index in [-0.39, 0.29) is 0 Å². The van der Waals surface area contributed by atoms with Crippen LogP contribution < -0.4 is 0 Å². The van der Waals surface area contributed by atoms with Crippen molar-refractivity contribution < 1.29 is 8.83 Å². The SMILES string of the molecule is c1ccc(-c2ccc(-c3cc(-c4cccc(-c5ccccc5)c4)nc(-c4cccc5oc6c(-c7nc8ccccc8o7)cccc6c45)n3)cc2)cc1. The van der Waals surface area contributed by atoms with Crippen molar-refractivity contribution in [2.45, 2.75) is 0 Å². The van der Waals surface area contributed by atoms with E-state index in [4.69, 9.17) is 23.8 Å². The van der Waals surface area contributed by atoms with Crippen molar-refractivity contribution in [2.24, 2.45) is 0 Å². The largest absolute Gasteiger partial charge is 0.455 e. The van der Waals surface area contributed by atoms with Crippen LogP contribution >= 0.6 is 0 Å². The Labute approximate surface area is 299 Å². The van der Waals surface area contributed by atoms with Crippen molar-refractivity contribution >= 4 is 33.0 Å². The number of rotatable bonds is 6. The number of benzene rings is 7. The van der Waals surface area contributed by atoms with Gasteiger partial charge in [-0.1, -0.05) is 140 Å². The maximum absolute atomic E-state index is 6.59. The van der Waals surface area contributed by atoms with Gasteiger partial charge in [-0.15, -0.1) is 0 Å². The molecule has 5 nitrogen and oxygen atoms in total. The number of fused-ring (bicyclic) bond motifs is 4. The molecule has 0 atom stereocenters. The van der Waals surface area contributed by atoms with Crippen LogP contribution in [0.15, 0.2) is 185 Å². The first-order valence-electron chi connectivity index (χ1n) is 17.3. The molecule has 10 aromatic rings. The lowest BCUT2D eigenvalue weighted by Gasteiger charge is -2.12. The summed E-state index contributed by atoms with van der Waals surface area (Å²) < 4.78 is 12.8. The summed E-state index contributed by atoms with van der Waals surface area (Å²) in [6.45, 7) is 0.